The lowest BCUT2D eigenvalue weighted by Crippen LogP contribution is -2.41. The summed E-state index contributed by atoms with van der Waals surface area (Å²) in [6, 6.07) is 0. The molecule has 1 aliphatic rings. The number of hydrogen-bond acceptors (Lipinski definition) is 7. The summed E-state index contributed by atoms with van der Waals surface area (Å²) in [7, 11) is 0. The molecule has 0 saturated heterocycles. The van der Waals surface area contributed by atoms with Gasteiger partial charge in [-0.25, -0.2) is 4.79 Å². The van der Waals surface area contributed by atoms with Crippen LogP contribution in [0.5, 0.6) is 0 Å². The van der Waals surface area contributed by atoms with Gasteiger partial charge < -0.3 is 25.7 Å². The second-order valence-electron chi connectivity index (χ2n) is 5.81. The standard InChI is InChI=1S/C17H20N2O6S/c1-3-25-17(24)12-8(2)11(13(18)20)15(26-12)19-14(21)9-6-4-5-7-10(9)16(22)23/h4-5,9-10H,3,6-7H2,1-2H3,(H2,18,20)(H,19,21)(H,22,23)/p-1/t9-,10+/m1/s1. The third kappa shape index (κ3) is 3.93. The fourth-order valence-electron chi connectivity index (χ4n) is 2.86. The molecule has 3 N–H and O–H groups in total. The number of nitrogens with one attached hydrogen (secondary N) is 1. The number of thiophene rings is 1. The molecular weight excluding hydrogens is 360 g/mol. The minimum absolute atomic E-state index is 0.0164. The normalized spacial score (nSPS) is 19.0. The molecule has 0 aromatic carbocycles. The first kappa shape index (κ1) is 19.6. The van der Waals surface area contributed by atoms with E-state index in [1.54, 1.807) is 19.1 Å². The minimum Gasteiger partial charge on any atom is -0.550 e. The van der Waals surface area contributed by atoms with E-state index in [0.717, 1.165) is 11.3 Å². The number of carbonyl (C=O) groups excluding carboxylic acids is 4. The number of amides is 2. The summed E-state index contributed by atoms with van der Waals surface area (Å²) in [6.07, 6.45) is 3.85. The van der Waals surface area contributed by atoms with Crippen molar-refractivity contribution >= 4 is 40.1 Å². The van der Waals surface area contributed by atoms with E-state index in [1.807, 2.05) is 0 Å². The van der Waals surface area contributed by atoms with Crippen molar-refractivity contribution in [3.63, 3.8) is 0 Å². The molecule has 8 nitrogen and oxygen atoms in total. The molecule has 2 amide bonds. The molecule has 9 heteroatoms. The summed E-state index contributed by atoms with van der Waals surface area (Å²) < 4.78 is 4.94. The molecule has 2 atom stereocenters. The number of anilines is 1. The van der Waals surface area contributed by atoms with Crippen molar-refractivity contribution in [3.05, 3.63) is 28.2 Å². The van der Waals surface area contributed by atoms with Crippen LogP contribution in [0.15, 0.2) is 12.2 Å². The molecule has 1 heterocycles. The number of aliphatic carboxylic acids is 1. The van der Waals surface area contributed by atoms with Gasteiger partial charge in [-0.3, -0.25) is 9.59 Å². The summed E-state index contributed by atoms with van der Waals surface area (Å²) in [5.41, 5.74) is 5.71. The number of ether oxygens (including phenoxy) is 1. The Morgan fingerprint density at radius 1 is 1.27 bits per heavy atom. The molecule has 0 bridgehead atoms. The molecule has 0 saturated carbocycles. The van der Waals surface area contributed by atoms with Crippen LogP contribution >= 0.6 is 11.3 Å². The highest BCUT2D eigenvalue weighted by molar-refractivity contribution is 7.18. The Bertz CT molecular complexity index is 782. The molecule has 1 aliphatic carbocycles. The van der Waals surface area contributed by atoms with Gasteiger partial charge in [0.25, 0.3) is 5.91 Å². The molecule has 0 radical (unpaired) electrons. The van der Waals surface area contributed by atoms with Gasteiger partial charge in [-0.15, -0.1) is 11.3 Å². The van der Waals surface area contributed by atoms with E-state index in [1.165, 1.54) is 6.92 Å². The third-order valence-electron chi connectivity index (χ3n) is 4.16. The zero-order chi connectivity index (χ0) is 19.4. The van der Waals surface area contributed by atoms with Crippen LogP contribution in [-0.2, 0) is 14.3 Å². The van der Waals surface area contributed by atoms with Crippen LogP contribution in [0.2, 0.25) is 0 Å². The van der Waals surface area contributed by atoms with Crippen LogP contribution in [0.1, 0.15) is 45.4 Å². The second kappa shape index (κ2) is 8.13. The fourth-order valence-corrected chi connectivity index (χ4v) is 3.97. The van der Waals surface area contributed by atoms with Gasteiger partial charge >= 0.3 is 5.97 Å². The third-order valence-corrected chi connectivity index (χ3v) is 5.35. The maximum absolute atomic E-state index is 12.6. The van der Waals surface area contributed by atoms with Gasteiger partial charge in [0.2, 0.25) is 5.91 Å². The molecule has 0 aliphatic heterocycles. The number of primary amides is 1. The maximum atomic E-state index is 12.6. The molecular formula is C17H19N2O6S-. The first-order valence-corrected chi connectivity index (χ1v) is 8.86. The van der Waals surface area contributed by atoms with Crippen molar-refractivity contribution in [2.24, 2.45) is 17.6 Å². The van der Waals surface area contributed by atoms with Crippen molar-refractivity contribution < 1.29 is 29.0 Å². The van der Waals surface area contributed by atoms with Gasteiger partial charge in [0.1, 0.15) is 9.88 Å². The van der Waals surface area contributed by atoms with Crippen LogP contribution in [0.3, 0.4) is 0 Å². The zero-order valence-corrected chi connectivity index (χ0v) is 15.2. The number of carboxylic acids is 1. The zero-order valence-electron chi connectivity index (χ0n) is 14.4. The number of nitrogens with two attached hydrogens (primary N) is 1. The van der Waals surface area contributed by atoms with Crippen molar-refractivity contribution in [2.75, 3.05) is 11.9 Å². The van der Waals surface area contributed by atoms with Crippen molar-refractivity contribution in [3.8, 4) is 0 Å². The van der Waals surface area contributed by atoms with Gasteiger partial charge in [0, 0.05) is 11.9 Å². The summed E-state index contributed by atoms with van der Waals surface area (Å²) in [5, 5.41) is 13.9. The van der Waals surface area contributed by atoms with Crippen LogP contribution in [0.4, 0.5) is 5.00 Å². The number of rotatable bonds is 6. The van der Waals surface area contributed by atoms with Gasteiger partial charge in [0.05, 0.1) is 18.1 Å². The quantitative estimate of drug-likeness (QED) is 0.548. The highest BCUT2D eigenvalue weighted by Crippen LogP contribution is 2.35. The van der Waals surface area contributed by atoms with E-state index in [9.17, 15) is 24.3 Å². The lowest BCUT2D eigenvalue weighted by atomic mass is 9.82. The van der Waals surface area contributed by atoms with Crippen molar-refractivity contribution in [1.29, 1.82) is 0 Å². The average Bonchev–Trinajstić information content (AvgIpc) is 2.91. The minimum atomic E-state index is -1.31. The van der Waals surface area contributed by atoms with Crippen molar-refractivity contribution in [2.45, 2.75) is 26.7 Å². The van der Waals surface area contributed by atoms with Gasteiger partial charge in [-0.05, 0) is 32.3 Å². The Labute approximate surface area is 154 Å². The van der Waals surface area contributed by atoms with E-state index < -0.39 is 35.6 Å². The van der Waals surface area contributed by atoms with Crippen LogP contribution in [0, 0.1) is 18.8 Å². The fraction of sp³-hybridized carbons (Fsp3) is 0.412. The van der Waals surface area contributed by atoms with E-state index in [2.05, 4.69) is 5.32 Å². The van der Waals surface area contributed by atoms with E-state index in [4.69, 9.17) is 10.5 Å². The second-order valence-corrected chi connectivity index (χ2v) is 6.83. The Kier molecular flexibility index (Phi) is 6.14. The van der Waals surface area contributed by atoms with Gasteiger partial charge in [0.15, 0.2) is 0 Å². The number of carboxylic acid groups (broad SMARTS) is 1. The predicted molar refractivity (Wildman–Crippen MR) is 92.5 cm³/mol. The van der Waals surface area contributed by atoms with Gasteiger partial charge in [-0.2, -0.15) is 0 Å². The lowest BCUT2D eigenvalue weighted by molar-refractivity contribution is -0.313. The summed E-state index contributed by atoms with van der Waals surface area (Å²) >= 11 is 0.876. The smallest absolute Gasteiger partial charge is 0.348 e. The molecule has 0 fully saturated rings. The Morgan fingerprint density at radius 2 is 1.88 bits per heavy atom. The van der Waals surface area contributed by atoms with Crippen LogP contribution < -0.4 is 16.2 Å². The Morgan fingerprint density at radius 3 is 2.42 bits per heavy atom. The summed E-state index contributed by atoms with van der Waals surface area (Å²) in [4.78, 5) is 47.8. The SMILES string of the molecule is CCOC(=O)c1sc(NC(=O)[C@@H]2CC=CC[C@@H]2C(=O)[O-])c(C(N)=O)c1C. The van der Waals surface area contributed by atoms with E-state index in [-0.39, 0.29) is 34.9 Å². The average molecular weight is 379 g/mol. The number of hydrogen-bond donors (Lipinski definition) is 2. The van der Waals surface area contributed by atoms with Crippen LogP contribution in [-0.4, -0.2) is 30.4 Å². The number of esters is 1. The highest BCUT2D eigenvalue weighted by atomic mass is 32.1. The lowest BCUT2D eigenvalue weighted by Gasteiger charge is -2.28. The molecule has 26 heavy (non-hydrogen) atoms. The van der Waals surface area contributed by atoms with E-state index >= 15 is 0 Å². The topological polar surface area (TPSA) is 139 Å². The monoisotopic (exact) mass is 379 g/mol. The summed E-state index contributed by atoms with van der Waals surface area (Å²) in [6.45, 7) is 3.34. The molecule has 1 aromatic heterocycles. The molecule has 2 rings (SSSR count). The van der Waals surface area contributed by atoms with Crippen molar-refractivity contribution in [1.82, 2.24) is 0 Å². The Hall–Kier alpha value is -2.68. The molecule has 0 spiro atoms. The number of allylic oxidation sites excluding steroid dienone is 2. The Balaban J connectivity index is 2.33. The maximum Gasteiger partial charge on any atom is 0.348 e. The van der Waals surface area contributed by atoms with Crippen LogP contribution in [0.25, 0.3) is 0 Å². The van der Waals surface area contributed by atoms with E-state index in [0.29, 0.717) is 5.56 Å². The molecule has 1 aromatic rings. The molecule has 140 valence electrons. The first-order valence-electron chi connectivity index (χ1n) is 8.04. The number of carbonyl (C=O) groups is 4. The predicted octanol–water partition coefficient (Wildman–Crippen LogP) is 0.603. The van der Waals surface area contributed by atoms with Gasteiger partial charge in [-0.1, -0.05) is 12.2 Å². The largest absolute Gasteiger partial charge is 0.550 e. The summed E-state index contributed by atoms with van der Waals surface area (Å²) in [5.74, 6) is -5.08. The highest BCUT2D eigenvalue weighted by Gasteiger charge is 2.32. The first-order chi connectivity index (χ1) is 12.3. The molecule has 0 unspecified atom stereocenters.